The molecule has 0 saturated carbocycles. The predicted molar refractivity (Wildman–Crippen MR) is 74.3 cm³/mol. The lowest BCUT2D eigenvalue weighted by atomic mass is 9.96. The minimum absolute atomic E-state index is 0.00575. The van der Waals surface area contributed by atoms with E-state index in [-0.39, 0.29) is 17.2 Å². The molecular weight excluding hydrogens is 242 g/mol. The zero-order chi connectivity index (χ0) is 14.3. The van der Waals surface area contributed by atoms with Crippen LogP contribution in [-0.4, -0.2) is 23.3 Å². The van der Waals surface area contributed by atoms with Gasteiger partial charge in [-0.1, -0.05) is 20.8 Å². The summed E-state index contributed by atoms with van der Waals surface area (Å²) in [5.41, 5.74) is 0.672. The average Bonchev–Trinajstić information content (AvgIpc) is 2.83. The van der Waals surface area contributed by atoms with E-state index in [1.54, 1.807) is 0 Å². The third-order valence-electron chi connectivity index (χ3n) is 2.70. The first-order valence-electron chi connectivity index (χ1n) is 6.56. The largest absolute Gasteiger partial charge is 0.367 e. The van der Waals surface area contributed by atoms with E-state index >= 15 is 0 Å². The van der Waals surface area contributed by atoms with Crippen LogP contribution in [-0.2, 0) is 16.1 Å². The Kier molecular flexibility index (Phi) is 5.60. The van der Waals surface area contributed by atoms with Crippen LogP contribution in [0.25, 0.3) is 0 Å². The van der Waals surface area contributed by atoms with Crippen LogP contribution in [0.4, 0.5) is 0 Å². The standard InChI is InChI=1S/C14H23N3O2/c1-14(2,3)13(19)16-7-4-5-12(18)17-10-11-6-8-15-9-11/h6,8-9,15H,4-5,7,10H2,1-3H3,(H,16,19)(H,17,18). The maximum Gasteiger partial charge on any atom is 0.225 e. The number of carbonyl (C=O) groups is 2. The Morgan fingerprint density at radius 1 is 1.26 bits per heavy atom. The molecule has 0 aliphatic heterocycles. The zero-order valence-electron chi connectivity index (χ0n) is 11.9. The van der Waals surface area contributed by atoms with Crippen molar-refractivity contribution in [3.63, 3.8) is 0 Å². The van der Waals surface area contributed by atoms with Crippen LogP contribution >= 0.6 is 0 Å². The maximum atomic E-state index is 11.6. The van der Waals surface area contributed by atoms with E-state index in [0.29, 0.717) is 25.9 Å². The minimum atomic E-state index is -0.378. The molecule has 1 aromatic rings. The first-order valence-corrected chi connectivity index (χ1v) is 6.56. The van der Waals surface area contributed by atoms with E-state index in [4.69, 9.17) is 0 Å². The smallest absolute Gasteiger partial charge is 0.225 e. The SMILES string of the molecule is CC(C)(C)C(=O)NCCCC(=O)NCc1cc[nH]c1. The minimum Gasteiger partial charge on any atom is -0.367 e. The van der Waals surface area contributed by atoms with Crippen LogP contribution in [0.1, 0.15) is 39.2 Å². The van der Waals surface area contributed by atoms with Crippen LogP contribution in [0.15, 0.2) is 18.5 Å². The van der Waals surface area contributed by atoms with Gasteiger partial charge in [0.05, 0.1) is 0 Å². The molecule has 0 saturated heterocycles. The van der Waals surface area contributed by atoms with Crippen LogP contribution in [0.3, 0.4) is 0 Å². The summed E-state index contributed by atoms with van der Waals surface area (Å²) in [6.07, 6.45) is 4.75. The summed E-state index contributed by atoms with van der Waals surface area (Å²) in [6.45, 7) is 6.67. The fourth-order valence-electron chi connectivity index (χ4n) is 1.47. The molecule has 5 heteroatoms. The number of H-pyrrole nitrogens is 1. The Bertz CT molecular complexity index is 405. The molecule has 5 nitrogen and oxygen atoms in total. The number of carbonyl (C=O) groups excluding carboxylic acids is 2. The molecule has 0 aliphatic carbocycles. The van der Waals surface area contributed by atoms with Gasteiger partial charge in [0, 0.05) is 37.3 Å². The summed E-state index contributed by atoms with van der Waals surface area (Å²) < 4.78 is 0. The van der Waals surface area contributed by atoms with Gasteiger partial charge in [-0.15, -0.1) is 0 Å². The molecule has 19 heavy (non-hydrogen) atoms. The number of hydrogen-bond acceptors (Lipinski definition) is 2. The molecule has 106 valence electrons. The third-order valence-corrected chi connectivity index (χ3v) is 2.70. The number of hydrogen-bond donors (Lipinski definition) is 3. The Hall–Kier alpha value is -1.78. The predicted octanol–water partition coefficient (Wildman–Crippen LogP) is 1.57. The lowest BCUT2D eigenvalue weighted by Crippen LogP contribution is -2.35. The van der Waals surface area contributed by atoms with Crippen molar-refractivity contribution >= 4 is 11.8 Å². The van der Waals surface area contributed by atoms with E-state index < -0.39 is 0 Å². The number of nitrogens with one attached hydrogen (secondary N) is 3. The van der Waals surface area contributed by atoms with E-state index in [1.807, 2.05) is 39.2 Å². The molecule has 0 radical (unpaired) electrons. The second-order valence-electron chi connectivity index (χ2n) is 5.61. The van der Waals surface area contributed by atoms with Crippen LogP contribution < -0.4 is 10.6 Å². The molecule has 1 aromatic heterocycles. The van der Waals surface area contributed by atoms with Crippen molar-refractivity contribution in [3.8, 4) is 0 Å². The molecular formula is C14H23N3O2. The van der Waals surface area contributed by atoms with Gasteiger partial charge in [0.2, 0.25) is 11.8 Å². The summed E-state index contributed by atoms with van der Waals surface area (Å²) >= 11 is 0. The van der Waals surface area contributed by atoms with Crippen molar-refractivity contribution in [2.75, 3.05) is 6.54 Å². The van der Waals surface area contributed by atoms with Gasteiger partial charge in [0.1, 0.15) is 0 Å². The zero-order valence-corrected chi connectivity index (χ0v) is 11.9. The Morgan fingerprint density at radius 2 is 2.00 bits per heavy atom. The number of aromatic amines is 1. The number of amides is 2. The highest BCUT2D eigenvalue weighted by Crippen LogP contribution is 2.12. The second-order valence-corrected chi connectivity index (χ2v) is 5.61. The topological polar surface area (TPSA) is 74.0 Å². The second kappa shape index (κ2) is 6.97. The van der Waals surface area contributed by atoms with Gasteiger partial charge in [-0.2, -0.15) is 0 Å². The van der Waals surface area contributed by atoms with E-state index in [0.717, 1.165) is 5.56 Å². The van der Waals surface area contributed by atoms with Crippen LogP contribution in [0.5, 0.6) is 0 Å². The fourth-order valence-corrected chi connectivity index (χ4v) is 1.47. The van der Waals surface area contributed by atoms with Crippen LogP contribution in [0.2, 0.25) is 0 Å². The van der Waals surface area contributed by atoms with Gasteiger partial charge in [-0.3, -0.25) is 9.59 Å². The summed E-state index contributed by atoms with van der Waals surface area (Å²) in [4.78, 5) is 26.1. The molecule has 0 spiro atoms. The highest BCUT2D eigenvalue weighted by Gasteiger charge is 2.20. The number of aromatic nitrogens is 1. The lowest BCUT2D eigenvalue weighted by Gasteiger charge is -2.17. The maximum absolute atomic E-state index is 11.6. The van der Waals surface area contributed by atoms with E-state index in [9.17, 15) is 9.59 Å². The molecule has 0 fully saturated rings. The van der Waals surface area contributed by atoms with Gasteiger partial charge in [0.25, 0.3) is 0 Å². The van der Waals surface area contributed by atoms with Crippen molar-refractivity contribution < 1.29 is 9.59 Å². The molecule has 0 aliphatic rings. The Labute approximate surface area is 114 Å². The van der Waals surface area contributed by atoms with Crippen molar-refractivity contribution in [1.82, 2.24) is 15.6 Å². The lowest BCUT2D eigenvalue weighted by molar-refractivity contribution is -0.128. The first-order chi connectivity index (χ1) is 8.89. The van der Waals surface area contributed by atoms with Crippen molar-refractivity contribution in [1.29, 1.82) is 0 Å². The molecule has 0 atom stereocenters. The van der Waals surface area contributed by atoms with Gasteiger partial charge >= 0.3 is 0 Å². The van der Waals surface area contributed by atoms with Gasteiger partial charge < -0.3 is 15.6 Å². The summed E-state index contributed by atoms with van der Waals surface area (Å²) in [5, 5.41) is 5.66. The van der Waals surface area contributed by atoms with E-state index in [1.165, 1.54) is 0 Å². The monoisotopic (exact) mass is 265 g/mol. The first kappa shape index (κ1) is 15.3. The average molecular weight is 265 g/mol. The fraction of sp³-hybridized carbons (Fsp3) is 0.571. The molecule has 0 aromatic carbocycles. The molecule has 0 unspecified atom stereocenters. The van der Waals surface area contributed by atoms with Crippen molar-refractivity contribution in [2.45, 2.75) is 40.2 Å². The van der Waals surface area contributed by atoms with Crippen LogP contribution in [0, 0.1) is 5.41 Å². The normalized spacial score (nSPS) is 11.1. The van der Waals surface area contributed by atoms with Gasteiger partial charge in [-0.05, 0) is 18.1 Å². The van der Waals surface area contributed by atoms with Gasteiger partial charge in [0.15, 0.2) is 0 Å². The third kappa shape index (κ3) is 6.08. The molecule has 2 amide bonds. The van der Waals surface area contributed by atoms with Crippen molar-refractivity contribution in [2.24, 2.45) is 5.41 Å². The molecule has 1 heterocycles. The quantitative estimate of drug-likeness (QED) is 0.683. The molecule has 0 bridgehead atoms. The number of rotatable bonds is 6. The highest BCUT2D eigenvalue weighted by molar-refractivity contribution is 5.81. The van der Waals surface area contributed by atoms with E-state index in [2.05, 4.69) is 15.6 Å². The van der Waals surface area contributed by atoms with Gasteiger partial charge in [-0.25, -0.2) is 0 Å². The molecule has 3 N–H and O–H groups in total. The summed E-state index contributed by atoms with van der Waals surface area (Å²) in [7, 11) is 0. The highest BCUT2D eigenvalue weighted by atomic mass is 16.2. The Balaban J connectivity index is 2.09. The molecule has 1 rings (SSSR count). The summed E-state index contributed by atoms with van der Waals surface area (Å²) in [6, 6.07) is 1.92. The van der Waals surface area contributed by atoms with Crippen molar-refractivity contribution in [3.05, 3.63) is 24.0 Å². The Morgan fingerprint density at radius 3 is 2.58 bits per heavy atom. The summed E-state index contributed by atoms with van der Waals surface area (Å²) in [5.74, 6) is 0.0199.